The first kappa shape index (κ1) is 11.8. The zero-order valence-electron chi connectivity index (χ0n) is 9.89. The van der Waals surface area contributed by atoms with Crippen LogP contribution in [0.25, 0.3) is 0 Å². The fourth-order valence-corrected chi connectivity index (χ4v) is 2.09. The third-order valence-electron chi connectivity index (χ3n) is 2.99. The summed E-state index contributed by atoms with van der Waals surface area (Å²) < 4.78 is 5.37. The van der Waals surface area contributed by atoms with Crippen LogP contribution in [-0.4, -0.2) is 42.1 Å². The number of nitrogens with zero attached hydrogens (tertiary/aromatic N) is 3. The minimum atomic E-state index is 0.000130. The van der Waals surface area contributed by atoms with Crippen molar-refractivity contribution in [3.05, 3.63) is 18.1 Å². The SMILES string of the molecule is COC1CCCN(c2ncncc2C(=N)N)C1. The molecule has 0 saturated carbocycles. The molecular weight excluding hydrogens is 218 g/mol. The van der Waals surface area contributed by atoms with Crippen LogP contribution >= 0.6 is 0 Å². The van der Waals surface area contributed by atoms with Gasteiger partial charge in [0.05, 0.1) is 11.7 Å². The first-order valence-corrected chi connectivity index (χ1v) is 5.64. The van der Waals surface area contributed by atoms with Gasteiger partial charge in [-0.2, -0.15) is 0 Å². The molecule has 1 unspecified atom stereocenters. The average Bonchev–Trinajstić information content (AvgIpc) is 2.39. The molecule has 1 fully saturated rings. The van der Waals surface area contributed by atoms with Gasteiger partial charge in [-0.25, -0.2) is 9.97 Å². The number of hydrogen-bond donors (Lipinski definition) is 2. The Morgan fingerprint density at radius 2 is 2.47 bits per heavy atom. The molecule has 6 heteroatoms. The summed E-state index contributed by atoms with van der Waals surface area (Å²) in [6.45, 7) is 1.70. The Kier molecular flexibility index (Phi) is 3.53. The molecule has 0 aliphatic carbocycles. The van der Waals surface area contributed by atoms with Crippen molar-refractivity contribution in [3.63, 3.8) is 0 Å². The van der Waals surface area contributed by atoms with Gasteiger partial charge < -0.3 is 15.4 Å². The van der Waals surface area contributed by atoms with Crippen molar-refractivity contribution in [3.8, 4) is 0 Å². The predicted octanol–water partition coefficient (Wildman–Crippen LogP) is 0.376. The van der Waals surface area contributed by atoms with Crippen molar-refractivity contribution in [2.24, 2.45) is 5.73 Å². The van der Waals surface area contributed by atoms with E-state index in [1.54, 1.807) is 13.3 Å². The van der Waals surface area contributed by atoms with Gasteiger partial charge in [0.1, 0.15) is 18.0 Å². The van der Waals surface area contributed by atoms with Crippen LogP contribution < -0.4 is 10.6 Å². The van der Waals surface area contributed by atoms with Gasteiger partial charge in [-0.15, -0.1) is 0 Å². The maximum Gasteiger partial charge on any atom is 0.143 e. The second kappa shape index (κ2) is 5.09. The fraction of sp³-hybridized carbons (Fsp3) is 0.545. The van der Waals surface area contributed by atoms with E-state index in [0.29, 0.717) is 5.56 Å². The average molecular weight is 235 g/mol. The number of ether oxygens (including phenoxy) is 1. The lowest BCUT2D eigenvalue weighted by Crippen LogP contribution is -2.40. The molecule has 17 heavy (non-hydrogen) atoms. The van der Waals surface area contributed by atoms with Gasteiger partial charge in [-0.3, -0.25) is 5.41 Å². The monoisotopic (exact) mass is 235 g/mol. The molecule has 0 amide bonds. The molecule has 1 aromatic rings. The van der Waals surface area contributed by atoms with Crippen LogP contribution in [-0.2, 0) is 4.74 Å². The lowest BCUT2D eigenvalue weighted by molar-refractivity contribution is 0.0891. The number of anilines is 1. The molecule has 1 aliphatic rings. The minimum absolute atomic E-state index is 0.000130. The fourth-order valence-electron chi connectivity index (χ4n) is 2.09. The lowest BCUT2D eigenvalue weighted by Gasteiger charge is -2.33. The summed E-state index contributed by atoms with van der Waals surface area (Å²) >= 11 is 0. The van der Waals surface area contributed by atoms with Crippen LogP contribution in [0.5, 0.6) is 0 Å². The van der Waals surface area contributed by atoms with E-state index in [9.17, 15) is 0 Å². The Hall–Kier alpha value is -1.69. The van der Waals surface area contributed by atoms with Gasteiger partial charge in [0.2, 0.25) is 0 Å². The van der Waals surface area contributed by atoms with E-state index in [0.717, 1.165) is 31.7 Å². The third kappa shape index (κ3) is 2.52. The third-order valence-corrected chi connectivity index (χ3v) is 2.99. The number of aromatic nitrogens is 2. The maximum absolute atomic E-state index is 7.53. The molecule has 1 atom stereocenters. The van der Waals surface area contributed by atoms with E-state index in [1.807, 2.05) is 0 Å². The van der Waals surface area contributed by atoms with Crippen LogP contribution in [0.1, 0.15) is 18.4 Å². The van der Waals surface area contributed by atoms with Crippen molar-refractivity contribution in [2.45, 2.75) is 18.9 Å². The summed E-state index contributed by atoms with van der Waals surface area (Å²) in [5.74, 6) is 0.731. The van der Waals surface area contributed by atoms with E-state index in [2.05, 4.69) is 14.9 Å². The van der Waals surface area contributed by atoms with Crippen LogP contribution in [0, 0.1) is 5.41 Å². The summed E-state index contributed by atoms with van der Waals surface area (Å²) in [4.78, 5) is 10.2. The quantitative estimate of drug-likeness (QED) is 0.584. The predicted molar refractivity (Wildman–Crippen MR) is 65.3 cm³/mol. The summed E-state index contributed by atoms with van der Waals surface area (Å²) in [6.07, 6.45) is 5.41. The van der Waals surface area contributed by atoms with E-state index < -0.39 is 0 Å². The number of amidine groups is 1. The summed E-state index contributed by atoms with van der Waals surface area (Å²) in [5.41, 5.74) is 6.12. The molecule has 6 nitrogen and oxygen atoms in total. The number of hydrogen-bond acceptors (Lipinski definition) is 5. The van der Waals surface area contributed by atoms with Crippen molar-refractivity contribution < 1.29 is 4.74 Å². The number of nitrogen functional groups attached to an aromatic ring is 1. The van der Waals surface area contributed by atoms with Gasteiger partial charge in [-0.05, 0) is 12.8 Å². The first-order valence-electron chi connectivity index (χ1n) is 5.64. The van der Waals surface area contributed by atoms with Crippen molar-refractivity contribution >= 4 is 11.7 Å². The lowest BCUT2D eigenvalue weighted by atomic mass is 10.1. The smallest absolute Gasteiger partial charge is 0.143 e. The van der Waals surface area contributed by atoms with Crippen LogP contribution in [0.3, 0.4) is 0 Å². The van der Waals surface area contributed by atoms with Gasteiger partial charge in [0.15, 0.2) is 0 Å². The number of piperidine rings is 1. The van der Waals surface area contributed by atoms with E-state index >= 15 is 0 Å². The number of nitrogens with one attached hydrogen (secondary N) is 1. The molecule has 1 saturated heterocycles. The maximum atomic E-state index is 7.53. The molecular formula is C11H17N5O. The molecule has 2 rings (SSSR count). The van der Waals surface area contributed by atoms with Crippen LogP contribution in [0.15, 0.2) is 12.5 Å². The zero-order chi connectivity index (χ0) is 12.3. The molecule has 0 spiro atoms. The van der Waals surface area contributed by atoms with E-state index in [-0.39, 0.29) is 11.9 Å². The number of methoxy groups -OCH3 is 1. The number of nitrogens with two attached hydrogens (primary N) is 1. The standard InChI is InChI=1S/C11H17N5O/c1-17-8-3-2-4-16(6-8)11-9(10(12)13)5-14-7-15-11/h5,7-8H,2-4,6H2,1H3,(H3,12,13). The summed E-state index contributed by atoms with van der Waals surface area (Å²) in [6, 6.07) is 0. The molecule has 0 radical (unpaired) electrons. The van der Waals surface area contributed by atoms with Gasteiger partial charge >= 0.3 is 0 Å². The van der Waals surface area contributed by atoms with Gasteiger partial charge in [-0.1, -0.05) is 0 Å². The summed E-state index contributed by atoms with van der Waals surface area (Å²) in [7, 11) is 1.72. The molecule has 2 heterocycles. The Balaban J connectivity index is 2.24. The second-order valence-corrected chi connectivity index (χ2v) is 4.12. The zero-order valence-corrected chi connectivity index (χ0v) is 9.89. The molecule has 1 aromatic heterocycles. The molecule has 92 valence electrons. The highest BCUT2D eigenvalue weighted by atomic mass is 16.5. The van der Waals surface area contributed by atoms with Crippen molar-refractivity contribution in [1.29, 1.82) is 5.41 Å². The Bertz CT molecular complexity index is 409. The highest BCUT2D eigenvalue weighted by Crippen LogP contribution is 2.21. The topological polar surface area (TPSA) is 88.1 Å². The second-order valence-electron chi connectivity index (χ2n) is 4.12. The summed E-state index contributed by atoms with van der Waals surface area (Å²) in [5, 5.41) is 7.53. The van der Waals surface area contributed by atoms with E-state index in [1.165, 1.54) is 6.33 Å². The van der Waals surface area contributed by atoms with Crippen LogP contribution in [0.4, 0.5) is 5.82 Å². The first-order chi connectivity index (χ1) is 8.22. The molecule has 1 aliphatic heterocycles. The van der Waals surface area contributed by atoms with Crippen molar-refractivity contribution in [1.82, 2.24) is 9.97 Å². The highest BCUT2D eigenvalue weighted by molar-refractivity contribution is 5.99. The molecule has 0 bridgehead atoms. The van der Waals surface area contributed by atoms with E-state index in [4.69, 9.17) is 15.9 Å². The Labute approximate surface area is 100 Å². The largest absolute Gasteiger partial charge is 0.384 e. The van der Waals surface area contributed by atoms with Crippen molar-refractivity contribution in [2.75, 3.05) is 25.1 Å². The molecule has 3 N–H and O–H groups in total. The van der Waals surface area contributed by atoms with Gasteiger partial charge in [0.25, 0.3) is 0 Å². The van der Waals surface area contributed by atoms with Crippen LogP contribution in [0.2, 0.25) is 0 Å². The minimum Gasteiger partial charge on any atom is -0.384 e. The molecule has 0 aromatic carbocycles. The Morgan fingerprint density at radius 3 is 3.18 bits per heavy atom. The Morgan fingerprint density at radius 1 is 1.65 bits per heavy atom. The highest BCUT2D eigenvalue weighted by Gasteiger charge is 2.23. The number of rotatable bonds is 3. The van der Waals surface area contributed by atoms with Gasteiger partial charge in [0, 0.05) is 26.4 Å². The normalized spacial score (nSPS) is 20.3.